The van der Waals surface area contributed by atoms with Gasteiger partial charge < -0.3 is 18.9 Å². The van der Waals surface area contributed by atoms with Crippen LogP contribution in [-0.2, 0) is 14.3 Å². The van der Waals surface area contributed by atoms with E-state index in [1.54, 1.807) is 19.1 Å². The molecule has 0 aliphatic carbocycles. The van der Waals surface area contributed by atoms with E-state index in [4.69, 9.17) is 18.9 Å². The normalized spacial score (nSPS) is 15.4. The van der Waals surface area contributed by atoms with E-state index in [1.807, 2.05) is 0 Å². The van der Waals surface area contributed by atoms with Crippen LogP contribution in [0.4, 0.5) is 4.79 Å². The summed E-state index contributed by atoms with van der Waals surface area (Å²) in [5.74, 6) is 0.159. The molecule has 0 saturated carbocycles. The molecular formula is C17H19NO7S. The quantitative estimate of drug-likeness (QED) is 0.525. The Bertz CT molecular complexity index is 760. The zero-order valence-corrected chi connectivity index (χ0v) is 15.7. The third kappa shape index (κ3) is 4.10. The molecule has 0 unspecified atom stereocenters. The summed E-state index contributed by atoms with van der Waals surface area (Å²) in [6, 6.07) is 3.25. The number of carbonyl (C=O) groups excluding carboxylic acids is 3. The number of hydrogen-bond acceptors (Lipinski definition) is 8. The molecule has 9 heteroatoms. The van der Waals surface area contributed by atoms with E-state index in [9.17, 15) is 14.4 Å². The van der Waals surface area contributed by atoms with Crippen LogP contribution in [-0.4, -0.2) is 56.5 Å². The van der Waals surface area contributed by atoms with Gasteiger partial charge >= 0.3 is 5.97 Å². The second-order valence-corrected chi connectivity index (χ2v) is 6.02. The predicted octanol–water partition coefficient (Wildman–Crippen LogP) is 2.31. The molecule has 8 nitrogen and oxygen atoms in total. The fraction of sp³-hybridized carbons (Fsp3) is 0.353. The van der Waals surface area contributed by atoms with Gasteiger partial charge in [0.1, 0.15) is 12.3 Å². The lowest BCUT2D eigenvalue weighted by Crippen LogP contribution is -2.34. The van der Waals surface area contributed by atoms with Crippen molar-refractivity contribution in [3.8, 4) is 17.2 Å². The van der Waals surface area contributed by atoms with E-state index < -0.39 is 23.7 Å². The fourth-order valence-electron chi connectivity index (χ4n) is 2.28. The van der Waals surface area contributed by atoms with Gasteiger partial charge in [0.05, 0.1) is 32.8 Å². The second kappa shape index (κ2) is 8.61. The van der Waals surface area contributed by atoms with Gasteiger partial charge in [0.25, 0.3) is 11.1 Å². The van der Waals surface area contributed by atoms with Crippen LogP contribution >= 0.6 is 11.8 Å². The minimum atomic E-state index is -0.639. The molecule has 2 amide bonds. The van der Waals surface area contributed by atoms with Gasteiger partial charge in [-0.15, -0.1) is 0 Å². The van der Waals surface area contributed by atoms with Crippen molar-refractivity contribution >= 4 is 35.0 Å². The molecule has 2 rings (SSSR count). The Morgan fingerprint density at radius 1 is 1.08 bits per heavy atom. The molecule has 1 aliphatic rings. The topological polar surface area (TPSA) is 91.4 Å². The van der Waals surface area contributed by atoms with E-state index in [2.05, 4.69) is 0 Å². The molecule has 140 valence electrons. The minimum absolute atomic E-state index is 0.171. The molecular weight excluding hydrogens is 362 g/mol. The molecule has 1 aromatic carbocycles. The molecule has 0 radical (unpaired) electrons. The summed E-state index contributed by atoms with van der Waals surface area (Å²) in [5.41, 5.74) is 0.534. The molecule has 0 bridgehead atoms. The Balaban J connectivity index is 2.33. The summed E-state index contributed by atoms with van der Waals surface area (Å²) in [4.78, 5) is 37.1. The number of thioether (sulfide) groups is 1. The molecule has 1 aliphatic heterocycles. The summed E-state index contributed by atoms with van der Waals surface area (Å²) in [5, 5.41) is -0.534. The average molecular weight is 381 g/mol. The van der Waals surface area contributed by atoms with Gasteiger partial charge in [0, 0.05) is 11.6 Å². The van der Waals surface area contributed by atoms with Gasteiger partial charge in [0.2, 0.25) is 0 Å². The Morgan fingerprint density at radius 2 is 1.69 bits per heavy atom. The molecule has 1 aromatic rings. The zero-order chi connectivity index (χ0) is 19.3. The lowest BCUT2D eigenvalue weighted by Gasteiger charge is -2.12. The number of imide groups is 1. The van der Waals surface area contributed by atoms with Crippen molar-refractivity contribution in [1.82, 2.24) is 4.90 Å². The van der Waals surface area contributed by atoms with E-state index in [0.717, 1.165) is 16.7 Å². The number of nitrogens with zero attached hydrogens (tertiary/aromatic N) is 1. The predicted molar refractivity (Wildman–Crippen MR) is 95.4 cm³/mol. The highest BCUT2D eigenvalue weighted by atomic mass is 32.2. The highest BCUT2D eigenvalue weighted by Crippen LogP contribution is 2.38. The monoisotopic (exact) mass is 381 g/mol. The number of carbonyl (C=O) groups is 3. The highest BCUT2D eigenvalue weighted by Gasteiger charge is 2.36. The van der Waals surface area contributed by atoms with Crippen LogP contribution in [0.1, 0.15) is 12.5 Å². The Labute approximate surface area is 155 Å². The number of amides is 2. The molecule has 26 heavy (non-hydrogen) atoms. The van der Waals surface area contributed by atoms with Gasteiger partial charge in [-0.1, -0.05) is 0 Å². The van der Waals surface area contributed by atoms with Gasteiger partial charge in [-0.2, -0.15) is 0 Å². The Hall–Kier alpha value is -2.68. The molecule has 0 spiro atoms. The number of methoxy groups -OCH3 is 3. The van der Waals surface area contributed by atoms with Crippen LogP contribution in [0, 0.1) is 0 Å². The minimum Gasteiger partial charge on any atom is -0.496 e. The lowest BCUT2D eigenvalue weighted by molar-refractivity contribution is -0.145. The van der Waals surface area contributed by atoms with E-state index in [1.165, 1.54) is 27.4 Å². The van der Waals surface area contributed by atoms with Crippen molar-refractivity contribution in [2.24, 2.45) is 0 Å². The maximum Gasteiger partial charge on any atom is 0.326 e. The number of rotatable bonds is 7. The Morgan fingerprint density at radius 3 is 2.27 bits per heavy atom. The summed E-state index contributed by atoms with van der Waals surface area (Å²) >= 11 is 0.742. The fourth-order valence-corrected chi connectivity index (χ4v) is 3.11. The van der Waals surface area contributed by atoms with Crippen molar-refractivity contribution in [1.29, 1.82) is 0 Å². The van der Waals surface area contributed by atoms with E-state index in [-0.39, 0.29) is 11.5 Å². The first-order chi connectivity index (χ1) is 12.4. The van der Waals surface area contributed by atoms with E-state index in [0.29, 0.717) is 22.8 Å². The maximum atomic E-state index is 12.4. The summed E-state index contributed by atoms with van der Waals surface area (Å²) in [7, 11) is 4.46. The lowest BCUT2D eigenvalue weighted by atomic mass is 10.1. The smallest absolute Gasteiger partial charge is 0.326 e. The average Bonchev–Trinajstić information content (AvgIpc) is 2.88. The number of hydrogen-bond donors (Lipinski definition) is 0. The van der Waals surface area contributed by atoms with Crippen LogP contribution in [0.5, 0.6) is 17.2 Å². The molecule has 1 saturated heterocycles. The van der Waals surface area contributed by atoms with Crippen molar-refractivity contribution < 1.29 is 33.3 Å². The van der Waals surface area contributed by atoms with Crippen LogP contribution < -0.4 is 14.2 Å². The van der Waals surface area contributed by atoms with Crippen LogP contribution in [0.25, 0.3) is 6.08 Å². The standard InChI is InChI=1S/C17H19NO7S/c1-5-25-15(19)9-18-16(20)14(26-17(18)21)7-10-6-12(23-3)13(24-4)8-11(10)22-2/h6-8H,5,9H2,1-4H3. The van der Waals surface area contributed by atoms with Gasteiger partial charge in [-0.05, 0) is 30.8 Å². The molecule has 1 fully saturated rings. The highest BCUT2D eigenvalue weighted by molar-refractivity contribution is 8.18. The first-order valence-corrected chi connectivity index (χ1v) is 8.47. The molecule has 0 aromatic heterocycles. The third-order valence-corrected chi connectivity index (χ3v) is 4.40. The largest absolute Gasteiger partial charge is 0.496 e. The number of ether oxygens (including phenoxy) is 4. The van der Waals surface area contributed by atoms with Crippen molar-refractivity contribution in [2.75, 3.05) is 34.5 Å². The maximum absolute atomic E-state index is 12.4. The molecule has 0 atom stereocenters. The van der Waals surface area contributed by atoms with Gasteiger partial charge in [-0.3, -0.25) is 19.3 Å². The van der Waals surface area contributed by atoms with Crippen LogP contribution in [0.2, 0.25) is 0 Å². The first kappa shape index (κ1) is 19.6. The zero-order valence-electron chi connectivity index (χ0n) is 14.9. The summed E-state index contributed by atoms with van der Waals surface area (Å²) in [6.45, 7) is 1.40. The van der Waals surface area contributed by atoms with Crippen molar-refractivity contribution in [2.45, 2.75) is 6.92 Å². The van der Waals surface area contributed by atoms with Gasteiger partial charge in [-0.25, -0.2) is 0 Å². The van der Waals surface area contributed by atoms with Crippen molar-refractivity contribution in [3.63, 3.8) is 0 Å². The summed E-state index contributed by atoms with van der Waals surface area (Å²) < 4.78 is 20.6. The number of esters is 1. The Kier molecular flexibility index (Phi) is 6.51. The third-order valence-electron chi connectivity index (χ3n) is 3.49. The van der Waals surface area contributed by atoms with Crippen LogP contribution in [0.3, 0.4) is 0 Å². The number of benzene rings is 1. The second-order valence-electron chi connectivity index (χ2n) is 5.02. The molecule has 0 N–H and O–H groups in total. The van der Waals surface area contributed by atoms with E-state index >= 15 is 0 Å². The van der Waals surface area contributed by atoms with Crippen molar-refractivity contribution in [3.05, 3.63) is 22.6 Å². The first-order valence-electron chi connectivity index (χ1n) is 7.66. The van der Waals surface area contributed by atoms with Crippen LogP contribution in [0.15, 0.2) is 17.0 Å². The summed E-state index contributed by atoms with van der Waals surface area (Å²) in [6.07, 6.45) is 1.51. The SMILES string of the molecule is CCOC(=O)CN1C(=O)SC(=Cc2cc(OC)c(OC)cc2OC)C1=O. The molecule has 1 heterocycles. The van der Waals surface area contributed by atoms with Gasteiger partial charge in [0.15, 0.2) is 11.5 Å².